The first-order valence-electron chi connectivity index (χ1n) is 8.02. The Kier molecular flexibility index (Phi) is 4.10. The molecular weight excluding hydrogens is 330 g/mol. The van der Waals surface area contributed by atoms with E-state index in [2.05, 4.69) is 20.3 Å². The van der Waals surface area contributed by atoms with E-state index in [0.717, 1.165) is 34.3 Å². The van der Waals surface area contributed by atoms with Crippen LogP contribution in [0, 0.1) is 0 Å². The molecule has 3 aromatic heterocycles. The van der Waals surface area contributed by atoms with Crippen LogP contribution < -0.4 is 14.8 Å². The summed E-state index contributed by atoms with van der Waals surface area (Å²) in [4.78, 5) is 13.3. The van der Waals surface area contributed by atoms with E-state index in [0.29, 0.717) is 5.75 Å². The molecule has 0 aliphatic heterocycles. The zero-order valence-corrected chi connectivity index (χ0v) is 14.4. The maximum absolute atomic E-state index is 5.48. The molecule has 0 aliphatic carbocycles. The summed E-state index contributed by atoms with van der Waals surface area (Å²) >= 11 is 0. The summed E-state index contributed by atoms with van der Waals surface area (Å²) < 4.78 is 12.7. The maximum Gasteiger partial charge on any atom is 0.157 e. The second-order valence-corrected chi connectivity index (χ2v) is 5.52. The van der Waals surface area contributed by atoms with Crippen LogP contribution in [0.15, 0.2) is 61.2 Å². The summed E-state index contributed by atoms with van der Waals surface area (Å²) in [6, 6.07) is 11.3. The molecule has 0 fully saturated rings. The lowest BCUT2D eigenvalue weighted by Gasteiger charge is -2.13. The highest BCUT2D eigenvalue weighted by Gasteiger charge is 2.17. The maximum atomic E-state index is 5.48. The van der Waals surface area contributed by atoms with Crippen LogP contribution in [0.25, 0.3) is 17.0 Å². The number of pyridine rings is 1. The van der Waals surface area contributed by atoms with E-state index in [9.17, 15) is 0 Å². The lowest BCUT2D eigenvalue weighted by atomic mass is 10.2. The SMILES string of the molecule is COc1ccc(OC)c(Nc2c(-c3ccccn3)nc3cnccn23)c1. The average molecular weight is 347 g/mol. The fourth-order valence-electron chi connectivity index (χ4n) is 2.75. The quantitative estimate of drug-likeness (QED) is 0.595. The Balaban J connectivity index is 1.89. The number of anilines is 2. The van der Waals surface area contributed by atoms with Crippen LogP contribution in [0.4, 0.5) is 11.5 Å². The van der Waals surface area contributed by atoms with Gasteiger partial charge in [0.05, 0.1) is 31.8 Å². The van der Waals surface area contributed by atoms with Crippen molar-refractivity contribution in [2.75, 3.05) is 19.5 Å². The Morgan fingerprint density at radius 3 is 2.73 bits per heavy atom. The number of aromatic nitrogens is 4. The fraction of sp³-hybridized carbons (Fsp3) is 0.105. The zero-order chi connectivity index (χ0) is 17.9. The number of ether oxygens (including phenoxy) is 2. The number of benzene rings is 1. The molecule has 1 N–H and O–H groups in total. The van der Waals surface area contributed by atoms with Gasteiger partial charge in [-0.3, -0.25) is 14.4 Å². The van der Waals surface area contributed by atoms with Crippen LogP contribution in [0.2, 0.25) is 0 Å². The number of hydrogen-bond acceptors (Lipinski definition) is 6. The lowest BCUT2D eigenvalue weighted by Crippen LogP contribution is -2.00. The molecule has 4 aromatic rings. The summed E-state index contributed by atoms with van der Waals surface area (Å²) in [5, 5.41) is 3.42. The predicted molar refractivity (Wildman–Crippen MR) is 99.0 cm³/mol. The molecule has 0 radical (unpaired) electrons. The van der Waals surface area contributed by atoms with Gasteiger partial charge in [0.2, 0.25) is 0 Å². The number of nitrogens with one attached hydrogen (secondary N) is 1. The third kappa shape index (κ3) is 2.79. The molecular formula is C19H17N5O2. The van der Waals surface area contributed by atoms with E-state index in [1.165, 1.54) is 0 Å². The molecule has 7 nitrogen and oxygen atoms in total. The Morgan fingerprint density at radius 2 is 1.96 bits per heavy atom. The summed E-state index contributed by atoms with van der Waals surface area (Å²) in [6.07, 6.45) is 7.02. The van der Waals surface area contributed by atoms with Crippen molar-refractivity contribution in [1.82, 2.24) is 19.4 Å². The van der Waals surface area contributed by atoms with Crippen molar-refractivity contribution in [3.05, 3.63) is 61.2 Å². The third-order valence-corrected chi connectivity index (χ3v) is 4.00. The topological polar surface area (TPSA) is 73.6 Å². The molecule has 26 heavy (non-hydrogen) atoms. The van der Waals surface area contributed by atoms with Crippen molar-refractivity contribution in [2.24, 2.45) is 0 Å². The van der Waals surface area contributed by atoms with Crippen molar-refractivity contribution in [2.45, 2.75) is 0 Å². The molecule has 0 atom stereocenters. The second-order valence-electron chi connectivity index (χ2n) is 5.52. The number of imidazole rings is 1. The molecule has 0 amide bonds. The van der Waals surface area contributed by atoms with Gasteiger partial charge in [0.15, 0.2) is 5.65 Å². The zero-order valence-electron chi connectivity index (χ0n) is 14.4. The molecule has 0 unspecified atom stereocenters. The van der Waals surface area contributed by atoms with Gasteiger partial charge in [-0.25, -0.2) is 4.98 Å². The van der Waals surface area contributed by atoms with Gasteiger partial charge in [0.25, 0.3) is 0 Å². The van der Waals surface area contributed by atoms with E-state index in [4.69, 9.17) is 9.47 Å². The Hall–Kier alpha value is -3.61. The molecule has 4 rings (SSSR count). The largest absolute Gasteiger partial charge is 0.497 e. The van der Waals surface area contributed by atoms with E-state index in [1.54, 1.807) is 32.8 Å². The highest BCUT2D eigenvalue weighted by Crippen LogP contribution is 2.35. The van der Waals surface area contributed by atoms with Crippen LogP contribution in [0.5, 0.6) is 11.5 Å². The van der Waals surface area contributed by atoms with E-state index >= 15 is 0 Å². The van der Waals surface area contributed by atoms with Crippen LogP contribution in [0.1, 0.15) is 0 Å². The van der Waals surface area contributed by atoms with E-state index in [-0.39, 0.29) is 0 Å². The van der Waals surface area contributed by atoms with Crippen LogP contribution in [-0.2, 0) is 0 Å². The summed E-state index contributed by atoms with van der Waals surface area (Å²) in [5.74, 6) is 2.19. The van der Waals surface area contributed by atoms with Gasteiger partial charge in [-0.05, 0) is 24.3 Å². The van der Waals surface area contributed by atoms with Gasteiger partial charge >= 0.3 is 0 Å². The van der Waals surface area contributed by atoms with Crippen LogP contribution in [-0.4, -0.2) is 33.6 Å². The molecule has 7 heteroatoms. The number of rotatable bonds is 5. The molecule has 3 heterocycles. The number of nitrogens with zero attached hydrogens (tertiary/aromatic N) is 4. The fourth-order valence-corrected chi connectivity index (χ4v) is 2.75. The highest BCUT2D eigenvalue weighted by molar-refractivity contribution is 5.79. The first kappa shape index (κ1) is 15.9. The summed E-state index contributed by atoms with van der Waals surface area (Å²) in [6.45, 7) is 0. The molecule has 0 saturated carbocycles. The summed E-state index contributed by atoms with van der Waals surface area (Å²) in [7, 11) is 3.26. The van der Waals surface area contributed by atoms with Crippen LogP contribution in [0.3, 0.4) is 0 Å². The molecule has 0 saturated heterocycles. The van der Waals surface area contributed by atoms with Gasteiger partial charge in [0, 0.05) is 24.7 Å². The normalized spacial score (nSPS) is 10.7. The minimum absolute atomic E-state index is 0.696. The van der Waals surface area contributed by atoms with Crippen molar-refractivity contribution in [1.29, 1.82) is 0 Å². The molecule has 0 bridgehead atoms. The second kappa shape index (κ2) is 6.72. The minimum atomic E-state index is 0.696. The predicted octanol–water partition coefficient (Wildman–Crippen LogP) is 3.55. The van der Waals surface area contributed by atoms with E-state index < -0.39 is 0 Å². The van der Waals surface area contributed by atoms with Gasteiger partial charge in [-0.2, -0.15) is 0 Å². The first-order valence-corrected chi connectivity index (χ1v) is 8.02. The highest BCUT2D eigenvalue weighted by atomic mass is 16.5. The van der Waals surface area contributed by atoms with Crippen molar-refractivity contribution in [3.63, 3.8) is 0 Å². The molecule has 1 aromatic carbocycles. The number of methoxy groups -OCH3 is 2. The van der Waals surface area contributed by atoms with Gasteiger partial charge in [0.1, 0.15) is 23.0 Å². The van der Waals surface area contributed by atoms with Gasteiger partial charge in [-0.1, -0.05) is 6.07 Å². The number of fused-ring (bicyclic) bond motifs is 1. The van der Waals surface area contributed by atoms with Crippen molar-refractivity contribution in [3.8, 4) is 22.9 Å². The monoisotopic (exact) mass is 347 g/mol. The standard InChI is InChI=1S/C19H17N5O2/c1-25-13-6-7-16(26-2)15(11-13)22-19-18(14-5-3-4-8-21-14)23-17-12-20-9-10-24(17)19/h3-12,22H,1-2H3. The van der Waals surface area contributed by atoms with Crippen LogP contribution >= 0.6 is 0 Å². The summed E-state index contributed by atoms with van der Waals surface area (Å²) in [5.41, 5.74) is 2.98. The average Bonchev–Trinajstić information content (AvgIpc) is 3.07. The Labute approximate surface area is 150 Å². The number of hydrogen-bond donors (Lipinski definition) is 1. The smallest absolute Gasteiger partial charge is 0.157 e. The Morgan fingerprint density at radius 1 is 1.04 bits per heavy atom. The molecule has 130 valence electrons. The third-order valence-electron chi connectivity index (χ3n) is 4.00. The van der Waals surface area contributed by atoms with Crippen molar-refractivity contribution < 1.29 is 9.47 Å². The first-order chi connectivity index (χ1) is 12.8. The Bertz CT molecular complexity index is 1050. The molecule has 0 aliphatic rings. The molecule has 0 spiro atoms. The lowest BCUT2D eigenvalue weighted by molar-refractivity contribution is 0.405. The minimum Gasteiger partial charge on any atom is -0.497 e. The van der Waals surface area contributed by atoms with Gasteiger partial charge in [-0.15, -0.1) is 0 Å². The van der Waals surface area contributed by atoms with E-state index in [1.807, 2.05) is 47.0 Å². The van der Waals surface area contributed by atoms with Crippen molar-refractivity contribution >= 4 is 17.2 Å². The van der Waals surface area contributed by atoms with Gasteiger partial charge < -0.3 is 14.8 Å².